The minimum Gasteiger partial charge on any atom is -0.489 e. The first-order chi connectivity index (χ1) is 13.5. The van der Waals surface area contributed by atoms with Gasteiger partial charge < -0.3 is 14.2 Å². The molecule has 4 heteroatoms. The lowest BCUT2D eigenvalue weighted by Gasteiger charge is -2.17. The zero-order chi connectivity index (χ0) is 19.9. The maximum atomic E-state index is 13.2. The molecule has 1 aliphatic rings. The normalized spacial score (nSPS) is 21.6. The molecule has 2 aromatic rings. The Hall–Kier alpha value is -2.07. The third kappa shape index (κ3) is 5.71. The van der Waals surface area contributed by atoms with Gasteiger partial charge in [-0.05, 0) is 54.7 Å². The van der Waals surface area contributed by atoms with Crippen molar-refractivity contribution < 1.29 is 18.6 Å². The molecule has 3 nitrogen and oxygen atoms in total. The lowest BCUT2D eigenvalue weighted by Crippen LogP contribution is -2.18. The molecule has 2 aromatic carbocycles. The SMILES string of the molecule is CCCCCC1OC(Oc2cccc(OCc3ccc(F)cc3C)c2)C[C@H]1C. The van der Waals surface area contributed by atoms with Crippen LogP contribution in [0.4, 0.5) is 4.39 Å². The maximum Gasteiger partial charge on any atom is 0.200 e. The van der Waals surface area contributed by atoms with Gasteiger partial charge >= 0.3 is 0 Å². The Morgan fingerprint density at radius 1 is 1.11 bits per heavy atom. The van der Waals surface area contributed by atoms with Crippen LogP contribution in [0.5, 0.6) is 11.5 Å². The van der Waals surface area contributed by atoms with Crippen LogP contribution in [0.15, 0.2) is 42.5 Å². The van der Waals surface area contributed by atoms with Crippen molar-refractivity contribution in [1.29, 1.82) is 0 Å². The van der Waals surface area contributed by atoms with Crippen molar-refractivity contribution in [3.8, 4) is 11.5 Å². The summed E-state index contributed by atoms with van der Waals surface area (Å²) < 4.78 is 31.3. The second-order valence-electron chi connectivity index (χ2n) is 7.77. The molecule has 28 heavy (non-hydrogen) atoms. The largest absolute Gasteiger partial charge is 0.489 e. The van der Waals surface area contributed by atoms with E-state index in [1.807, 2.05) is 31.2 Å². The van der Waals surface area contributed by atoms with Gasteiger partial charge in [-0.25, -0.2) is 4.39 Å². The van der Waals surface area contributed by atoms with E-state index in [-0.39, 0.29) is 18.2 Å². The van der Waals surface area contributed by atoms with Crippen molar-refractivity contribution in [1.82, 2.24) is 0 Å². The molecule has 0 radical (unpaired) electrons. The van der Waals surface area contributed by atoms with Gasteiger partial charge in [0.2, 0.25) is 0 Å². The quantitative estimate of drug-likeness (QED) is 0.465. The van der Waals surface area contributed by atoms with Gasteiger partial charge in [0, 0.05) is 12.5 Å². The summed E-state index contributed by atoms with van der Waals surface area (Å²) in [6.07, 6.45) is 5.81. The monoisotopic (exact) mass is 386 g/mol. The van der Waals surface area contributed by atoms with Gasteiger partial charge in [0.15, 0.2) is 6.29 Å². The van der Waals surface area contributed by atoms with Crippen molar-refractivity contribution in [3.05, 3.63) is 59.4 Å². The van der Waals surface area contributed by atoms with E-state index in [0.29, 0.717) is 12.5 Å². The summed E-state index contributed by atoms with van der Waals surface area (Å²) in [6.45, 7) is 6.74. The Balaban J connectivity index is 1.53. The Labute approximate surface area is 167 Å². The molecule has 0 amide bonds. The molecule has 1 aliphatic heterocycles. The lowest BCUT2D eigenvalue weighted by atomic mass is 9.99. The Morgan fingerprint density at radius 3 is 2.71 bits per heavy atom. The number of benzene rings is 2. The fraction of sp³-hybridized carbons (Fsp3) is 0.500. The Kier molecular flexibility index (Phi) is 7.32. The van der Waals surface area contributed by atoms with Crippen LogP contribution < -0.4 is 9.47 Å². The second-order valence-corrected chi connectivity index (χ2v) is 7.77. The molecule has 0 spiro atoms. The summed E-state index contributed by atoms with van der Waals surface area (Å²) in [5.41, 5.74) is 1.85. The zero-order valence-electron chi connectivity index (χ0n) is 17.1. The topological polar surface area (TPSA) is 27.7 Å². The van der Waals surface area contributed by atoms with Crippen molar-refractivity contribution in [3.63, 3.8) is 0 Å². The summed E-state index contributed by atoms with van der Waals surface area (Å²) in [6, 6.07) is 12.4. The van der Waals surface area contributed by atoms with Gasteiger partial charge in [-0.15, -0.1) is 0 Å². The third-order valence-electron chi connectivity index (χ3n) is 5.39. The second kappa shape index (κ2) is 9.92. The number of halogens is 1. The number of ether oxygens (including phenoxy) is 3. The Morgan fingerprint density at radius 2 is 1.93 bits per heavy atom. The zero-order valence-corrected chi connectivity index (χ0v) is 17.1. The summed E-state index contributed by atoms with van der Waals surface area (Å²) >= 11 is 0. The molecule has 2 unspecified atom stereocenters. The first kappa shape index (κ1) is 20.7. The average molecular weight is 387 g/mol. The smallest absolute Gasteiger partial charge is 0.200 e. The molecule has 1 heterocycles. The van der Waals surface area contributed by atoms with Crippen molar-refractivity contribution in [2.45, 2.75) is 71.9 Å². The van der Waals surface area contributed by atoms with Gasteiger partial charge in [0.25, 0.3) is 0 Å². The summed E-state index contributed by atoms with van der Waals surface area (Å²) in [5, 5.41) is 0. The van der Waals surface area contributed by atoms with Crippen molar-refractivity contribution in [2.75, 3.05) is 0 Å². The highest BCUT2D eigenvalue weighted by atomic mass is 19.1. The third-order valence-corrected chi connectivity index (χ3v) is 5.39. The standard InChI is InChI=1S/C24H31FO3/c1-4-5-6-10-23-18(3)14-24(28-23)27-22-9-7-8-21(15-22)26-16-19-11-12-20(25)13-17(19)2/h7-9,11-13,15,18,23-24H,4-6,10,14,16H2,1-3H3/t18-,23?,24?/m1/s1. The molecule has 1 fully saturated rings. The molecule has 0 N–H and O–H groups in total. The fourth-order valence-corrected chi connectivity index (χ4v) is 3.64. The molecule has 0 bridgehead atoms. The summed E-state index contributed by atoms with van der Waals surface area (Å²) in [7, 11) is 0. The predicted molar refractivity (Wildman–Crippen MR) is 109 cm³/mol. The van der Waals surface area contributed by atoms with Crippen LogP contribution >= 0.6 is 0 Å². The van der Waals surface area contributed by atoms with E-state index in [4.69, 9.17) is 14.2 Å². The van der Waals surface area contributed by atoms with Crippen LogP contribution in [0.25, 0.3) is 0 Å². The van der Waals surface area contributed by atoms with Gasteiger partial charge in [0.05, 0.1) is 6.10 Å². The fourth-order valence-electron chi connectivity index (χ4n) is 3.64. The number of unbranched alkanes of at least 4 members (excludes halogenated alkanes) is 2. The predicted octanol–water partition coefficient (Wildman–Crippen LogP) is 6.42. The lowest BCUT2D eigenvalue weighted by molar-refractivity contribution is -0.0771. The molecule has 3 atom stereocenters. The first-order valence-corrected chi connectivity index (χ1v) is 10.3. The van der Waals surface area contributed by atoms with Crippen LogP contribution in [0.3, 0.4) is 0 Å². The number of hydrogen-bond acceptors (Lipinski definition) is 3. The molecule has 3 rings (SSSR count). The van der Waals surface area contributed by atoms with E-state index in [9.17, 15) is 4.39 Å². The van der Waals surface area contributed by atoms with Crippen molar-refractivity contribution in [2.24, 2.45) is 5.92 Å². The number of rotatable bonds is 9. The van der Waals surface area contributed by atoms with Crippen LogP contribution in [-0.2, 0) is 11.3 Å². The molecular formula is C24H31FO3. The first-order valence-electron chi connectivity index (χ1n) is 10.3. The molecule has 1 saturated heterocycles. The van der Waals surface area contributed by atoms with Gasteiger partial charge in [-0.3, -0.25) is 0 Å². The minimum atomic E-state index is -0.226. The highest BCUT2D eigenvalue weighted by Gasteiger charge is 2.33. The minimum absolute atomic E-state index is 0.198. The van der Waals surface area contributed by atoms with E-state index in [0.717, 1.165) is 35.5 Å². The molecule has 152 valence electrons. The van der Waals surface area contributed by atoms with Crippen LogP contribution in [0.1, 0.15) is 57.1 Å². The summed E-state index contributed by atoms with van der Waals surface area (Å²) in [5.74, 6) is 1.77. The van der Waals surface area contributed by atoms with Gasteiger partial charge in [0.1, 0.15) is 23.9 Å². The summed E-state index contributed by atoms with van der Waals surface area (Å²) in [4.78, 5) is 0. The van der Waals surface area contributed by atoms with E-state index in [2.05, 4.69) is 13.8 Å². The van der Waals surface area contributed by atoms with Crippen LogP contribution in [0, 0.1) is 18.7 Å². The van der Waals surface area contributed by atoms with Crippen LogP contribution in [-0.4, -0.2) is 12.4 Å². The average Bonchev–Trinajstić information content (AvgIpc) is 3.01. The van der Waals surface area contributed by atoms with Gasteiger partial charge in [-0.1, -0.05) is 45.2 Å². The Bertz CT molecular complexity index is 761. The van der Waals surface area contributed by atoms with E-state index in [1.165, 1.54) is 31.4 Å². The van der Waals surface area contributed by atoms with Crippen LogP contribution in [0.2, 0.25) is 0 Å². The van der Waals surface area contributed by atoms with Crippen molar-refractivity contribution >= 4 is 0 Å². The number of hydrogen-bond donors (Lipinski definition) is 0. The van der Waals surface area contributed by atoms with E-state index < -0.39 is 0 Å². The molecular weight excluding hydrogens is 355 g/mol. The molecule has 0 aromatic heterocycles. The van der Waals surface area contributed by atoms with E-state index >= 15 is 0 Å². The van der Waals surface area contributed by atoms with Gasteiger partial charge in [-0.2, -0.15) is 0 Å². The van der Waals surface area contributed by atoms with E-state index in [1.54, 1.807) is 6.07 Å². The molecule has 0 saturated carbocycles. The maximum absolute atomic E-state index is 13.2. The highest BCUT2D eigenvalue weighted by Crippen LogP contribution is 2.32. The number of aryl methyl sites for hydroxylation is 1. The molecule has 0 aliphatic carbocycles. The highest BCUT2D eigenvalue weighted by molar-refractivity contribution is 5.34.